The van der Waals surface area contributed by atoms with Crippen LogP contribution in [0.4, 0.5) is 11.8 Å². The predicted molar refractivity (Wildman–Crippen MR) is 79.2 cm³/mol. The van der Waals surface area contributed by atoms with Gasteiger partial charge < -0.3 is 5.32 Å². The zero-order valence-corrected chi connectivity index (χ0v) is 11.7. The van der Waals surface area contributed by atoms with E-state index in [0.717, 1.165) is 17.7 Å². The van der Waals surface area contributed by atoms with E-state index in [1.807, 2.05) is 0 Å². The van der Waals surface area contributed by atoms with Crippen molar-refractivity contribution in [1.82, 2.24) is 20.2 Å². The summed E-state index contributed by atoms with van der Waals surface area (Å²) in [5.74, 6) is 6.59. The molecule has 1 fully saturated rings. The molecule has 1 saturated carbocycles. The number of nitrogens with zero attached hydrogens (tertiary/aromatic N) is 3. The average molecular weight is 275 g/mol. The van der Waals surface area contributed by atoms with Crippen LogP contribution in [0.25, 0.3) is 11.0 Å². The van der Waals surface area contributed by atoms with Crippen molar-refractivity contribution in [3.8, 4) is 0 Å². The van der Waals surface area contributed by atoms with Crippen LogP contribution in [0.2, 0.25) is 0 Å². The van der Waals surface area contributed by atoms with Crippen LogP contribution in [0.5, 0.6) is 0 Å². The van der Waals surface area contributed by atoms with E-state index in [9.17, 15) is 0 Å². The molecule has 1 aliphatic rings. The Morgan fingerprint density at radius 2 is 2.15 bits per heavy atom. The van der Waals surface area contributed by atoms with Crippen LogP contribution in [-0.2, 0) is 0 Å². The highest BCUT2D eigenvalue weighted by atomic mass is 15.3. The summed E-state index contributed by atoms with van der Waals surface area (Å²) < 4.78 is 0. The van der Waals surface area contributed by atoms with Crippen LogP contribution in [0.15, 0.2) is 6.20 Å². The zero-order chi connectivity index (χ0) is 14.0. The van der Waals surface area contributed by atoms with E-state index >= 15 is 0 Å². The van der Waals surface area contributed by atoms with E-state index in [1.54, 1.807) is 6.20 Å². The Bertz CT molecular complexity index is 585. The van der Waals surface area contributed by atoms with E-state index in [4.69, 9.17) is 5.84 Å². The molecule has 0 aliphatic heterocycles. The molecule has 0 saturated heterocycles. The van der Waals surface area contributed by atoms with Crippen molar-refractivity contribution in [3.05, 3.63) is 6.20 Å². The number of rotatable bonds is 5. The number of fused-ring (bicyclic) bond motifs is 1. The molecule has 0 atom stereocenters. The second-order valence-electron chi connectivity index (χ2n) is 5.59. The van der Waals surface area contributed by atoms with Crippen LogP contribution >= 0.6 is 0 Å². The van der Waals surface area contributed by atoms with Gasteiger partial charge in [0.1, 0.15) is 5.82 Å². The summed E-state index contributed by atoms with van der Waals surface area (Å²) in [4.78, 5) is 8.63. The lowest BCUT2D eigenvalue weighted by atomic mass is 9.83. The zero-order valence-electron chi connectivity index (χ0n) is 11.7. The molecule has 0 amide bonds. The van der Waals surface area contributed by atoms with Gasteiger partial charge in [-0.25, -0.2) is 5.84 Å². The Kier molecular flexibility index (Phi) is 3.43. The lowest BCUT2D eigenvalue weighted by Crippen LogP contribution is -2.26. The fraction of sp³-hybridized carbons (Fsp3) is 0.615. The molecule has 1 aliphatic carbocycles. The molecule has 0 bridgehead atoms. The average Bonchev–Trinajstić information content (AvgIpc) is 3.14. The summed E-state index contributed by atoms with van der Waals surface area (Å²) in [5.41, 5.74) is 3.58. The fourth-order valence-corrected chi connectivity index (χ4v) is 3.09. The standard InChI is InChI=1S/C13H21N7/c1-2-13(5-3-4-6-13)8-15-10-9-7-16-20-11(9)18-12(17-10)19-14/h7H,2-6,8,14H2,1H3,(H3,15,16,17,18,19,20). The molecule has 0 aromatic carbocycles. The Balaban J connectivity index is 1.84. The topological polar surface area (TPSA) is 105 Å². The molecule has 108 valence electrons. The number of nitrogens with two attached hydrogens (primary N) is 1. The SMILES string of the molecule is CCC1(CNc2nc(NN)nc3[nH]ncc23)CCCC1. The molecule has 20 heavy (non-hydrogen) atoms. The van der Waals surface area contributed by atoms with Gasteiger partial charge in [-0.3, -0.25) is 10.5 Å². The van der Waals surface area contributed by atoms with Crippen molar-refractivity contribution >= 4 is 22.8 Å². The summed E-state index contributed by atoms with van der Waals surface area (Å²) in [6.45, 7) is 3.21. The number of hydrazine groups is 1. The normalized spacial score (nSPS) is 17.5. The molecule has 0 spiro atoms. The number of aromatic nitrogens is 4. The quantitative estimate of drug-likeness (QED) is 0.491. The number of hydrogen-bond donors (Lipinski definition) is 4. The van der Waals surface area contributed by atoms with Gasteiger partial charge in [0.05, 0.1) is 11.6 Å². The lowest BCUT2D eigenvalue weighted by molar-refractivity contribution is 0.306. The summed E-state index contributed by atoms with van der Waals surface area (Å²) in [7, 11) is 0. The first-order valence-electron chi connectivity index (χ1n) is 7.18. The van der Waals surface area contributed by atoms with E-state index in [-0.39, 0.29) is 0 Å². The number of anilines is 2. The first-order chi connectivity index (χ1) is 9.76. The van der Waals surface area contributed by atoms with E-state index in [1.165, 1.54) is 32.1 Å². The minimum atomic E-state index is 0.390. The van der Waals surface area contributed by atoms with Gasteiger partial charge in [-0.1, -0.05) is 19.8 Å². The van der Waals surface area contributed by atoms with Crippen LogP contribution in [0.1, 0.15) is 39.0 Å². The first-order valence-corrected chi connectivity index (χ1v) is 7.18. The molecule has 0 radical (unpaired) electrons. The van der Waals surface area contributed by atoms with Crippen molar-refractivity contribution in [2.45, 2.75) is 39.0 Å². The Morgan fingerprint density at radius 1 is 1.35 bits per heavy atom. The van der Waals surface area contributed by atoms with Gasteiger partial charge in [0.25, 0.3) is 0 Å². The van der Waals surface area contributed by atoms with Gasteiger partial charge in [-0.05, 0) is 24.7 Å². The third kappa shape index (κ3) is 2.29. The number of aromatic amines is 1. The van der Waals surface area contributed by atoms with Crippen molar-refractivity contribution < 1.29 is 0 Å². The molecule has 5 N–H and O–H groups in total. The molecule has 3 rings (SSSR count). The van der Waals surface area contributed by atoms with Crippen molar-refractivity contribution in [3.63, 3.8) is 0 Å². The summed E-state index contributed by atoms with van der Waals surface area (Å²) >= 11 is 0. The highest BCUT2D eigenvalue weighted by molar-refractivity contribution is 5.86. The Morgan fingerprint density at radius 3 is 2.85 bits per heavy atom. The van der Waals surface area contributed by atoms with Gasteiger partial charge in [-0.15, -0.1) is 0 Å². The van der Waals surface area contributed by atoms with Gasteiger partial charge in [0.15, 0.2) is 5.65 Å². The van der Waals surface area contributed by atoms with Gasteiger partial charge in [-0.2, -0.15) is 15.1 Å². The largest absolute Gasteiger partial charge is 0.369 e. The van der Waals surface area contributed by atoms with Crippen LogP contribution < -0.4 is 16.6 Å². The third-order valence-electron chi connectivity index (χ3n) is 4.48. The third-order valence-corrected chi connectivity index (χ3v) is 4.48. The second-order valence-corrected chi connectivity index (χ2v) is 5.59. The van der Waals surface area contributed by atoms with Crippen LogP contribution in [0.3, 0.4) is 0 Å². The van der Waals surface area contributed by atoms with Crippen molar-refractivity contribution in [2.75, 3.05) is 17.3 Å². The van der Waals surface area contributed by atoms with Crippen LogP contribution in [-0.4, -0.2) is 26.7 Å². The molecular formula is C13H21N7. The van der Waals surface area contributed by atoms with Gasteiger partial charge in [0.2, 0.25) is 5.95 Å². The number of nitrogens with one attached hydrogen (secondary N) is 3. The number of nitrogen functional groups attached to an aromatic ring is 1. The van der Waals surface area contributed by atoms with Gasteiger partial charge >= 0.3 is 0 Å². The molecule has 7 nitrogen and oxygen atoms in total. The maximum absolute atomic E-state index is 5.41. The molecule has 2 aromatic heterocycles. The lowest BCUT2D eigenvalue weighted by Gasteiger charge is -2.28. The first kappa shape index (κ1) is 13.1. The highest BCUT2D eigenvalue weighted by Gasteiger charge is 2.31. The Hall–Kier alpha value is -1.89. The highest BCUT2D eigenvalue weighted by Crippen LogP contribution is 2.41. The van der Waals surface area contributed by atoms with E-state index in [0.29, 0.717) is 17.0 Å². The smallest absolute Gasteiger partial charge is 0.241 e. The second kappa shape index (κ2) is 5.24. The summed E-state index contributed by atoms with van der Waals surface area (Å²) in [5, 5.41) is 11.2. The van der Waals surface area contributed by atoms with Crippen LogP contribution in [0, 0.1) is 5.41 Å². The Labute approximate surface area is 117 Å². The summed E-state index contributed by atoms with van der Waals surface area (Å²) in [6.07, 6.45) is 8.18. The predicted octanol–water partition coefficient (Wildman–Crippen LogP) is 2.02. The molecule has 2 heterocycles. The molecule has 0 unspecified atom stereocenters. The summed E-state index contributed by atoms with van der Waals surface area (Å²) in [6, 6.07) is 0. The minimum absolute atomic E-state index is 0.390. The van der Waals surface area contributed by atoms with Crippen molar-refractivity contribution in [2.24, 2.45) is 11.3 Å². The van der Waals surface area contributed by atoms with E-state index in [2.05, 4.69) is 37.8 Å². The molecule has 2 aromatic rings. The number of H-pyrrole nitrogens is 1. The number of hydrogen-bond acceptors (Lipinski definition) is 6. The van der Waals surface area contributed by atoms with Crippen molar-refractivity contribution in [1.29, 1.82) is 0 Å². The van der Waals surface area contributed by atoms with E-state index < -0.39 is 0 Å². The maximum atomic E-state index is 5.41. The molecular weight excluding hydrogens is 254 g/mol. The maximum Gasteiger partial charge on any atom is 0.241 e. The minimum Gasteiger partial charge on any atom is -0.369 e. The fourth-order valence-electron chi connectivity index (χ4n) is 3.09. The van der Waals surface area contributed by atoms with Gasteiger partial charge in [0, 0.05) is 6.54 Å². The monoisotopic (exact) mass is 275 g/mol. The molecule has 7 heteroatoms.